The zero-order chi connectivity index (χ0) is 18.4. The van der Waals surface area contributed by atoms with E-state index in [0.29, 0.717) is 16.2 Å². The second kappa shape index (κ2) is 8.22. The molecule has 130 valence electrons. The molecular weight excluding hydrogens is 348 g/mol. The summed E-state index contributed by atoms with van der Waals surface area (Å²) in [5.41, 5.74) is 4.63. The molecule has 6 heteroatoms. The highest BCUT2D eigenvalue weighted by atomic mass is 32.1. The van der Waals surface area contributed by atoms with Gasteiger partial charge in [0.1, 0.15) is 5.75 Å². The molecule has 1 N–H and O–H groups in total. The molecule has 0 bridgehead atoms. The molecule has 5 nitrogen and oxygen atoms in total. The Balaban J connectivity index is 1.58. The summed E-state index contributed by atoms with van der Waals surface area (Å²) in [7, 11) is 0. The van der Waals surface area contributed by atoms with E-state index in [4.69, 9.17) is 4.74 Å². The van der Waals surface area contributed by atoms with Gasteiger partial charge in [-0.15, -0.1) is 11.3 Å². The van der Waals surface area contributed by atoms with Crippen LogP contribution < -0.4 is 10.2 Å². The van der Waals surface area contributed by atoms with Crippen molar-refractivity contribution in [3.63, 3.8) is 0 Å². The van der Waals surface area contributed by atoms with Crippen LogP contribution in [0.4, 0.5) is 0 Å². The third-order valence-electron chi connectivity index (χ3n) is 3.58. The molecule has 0 saturated heterocycles. The van der Waals surface area contributed by atoms with E-state index in [1.165, 1.54) is 17.6 Å². The van der Waals surface area contributed by atoms with Gasteiger partial charge in [0.25, 0.3) is 5.91 Å². The monoisotopic (exact) mass is 364 g/mol. The number of aryl methyl sites for hydroxylation is 1. The predicted molar refractivity (Wildman–Crippen MR) is 102 cm³/mol. The molecular formula is C20H16N2O3S. The Kier molecular flexibility index (Phi) is 5.56. The number of hydrogen-bond acceptors (Lipinski definition) is 5. The van der Waals surface area contributed by atoms with Crippen molar-refractivity contribution in [2.45, 2.75) is 6.92 Å². The highest BCUT2D eigenvalue weighted by Crippen LogP contribution is 2.15. The molecule has 1 aromatic heterocycles. The lowest BCUT2D eigenvalue weighted by atomic mass is 10.1. The minimum atomic E-state index is -0.396. The highest BCUT2D eigenvalue weighted by Gasteiger charge is 2.10. The molecule has 1 amide bonds. The van der Waals surface area contributed by atoms with Crippen LogP contribution in [-0.4, -0.2) is 18.1 Å². The lowest BCUT2D eigenvalue weighted by Gasteiger charge is -2.06. The van der Waals surface area contributed by atoms with Crippen molar-refractivity contribution in [2.24, 2.45) is 5.10 Å². The number of carbonyl (C=O) groups is 2. The van der Waals surface area contributed by atoms with Crippen molar-refractivity contribution in [1.29, 1.82) is 0 Å². The van der Waals surface area contributed by atoms with Crippen LogP contribution in [0.5, 0.6) is 5.75 Å². The molecule has 2 aromatic carbocycles. The molecule has 3 aromatic rings. The summed E-state index contributed by atoms with van der Waals surface area (Å²) in [4.78, 5) is 24.5. The number of thiophene rings is 1. The van der Waals surface area contributed by atoms with Crippen LogP contribution in [0, 0.1) is 6.92 Å². The van der Waals surface area contributed by atoms with Gasteiger partial charge < -0.3 is 4.74 Å². The summed E-state index contributed by atoms with van der Waals surface area (Å²) in [5.74, 6) is -0.203. The molecule has 1 heterocycles. The normalized spacial score (nSPS) is 10.7. The van der Waals surface area contributed by atoms with Gasteiger partial charge in [0.2, 0.25) is 0 Å². The van der Waals surface area contributed by atoms with E-state index in [1.54, 1.807) is 48.5 Å². The van der Waals surface area contributed by atoms with Crippen LogP contribution in [-0.2, 0) is 0 Å². The second-order valence-corrected chi connectivity index (χ2v) is 6.40. The van der Waals surface area contributed by atoms with Crippen LogP contribution in [0.3, 0.4) is 0 Å². The van der Waals surface area contributed by atoms with Gasteiger partial charge in [0, 0.05) is 0 Å². The van der Waals surface area contributed by atoms with Crippen molar-refractivity contribution >= 4 is 29.4 Å². The average molecular weight is 364 g/mol. The standard InChI is InChI=1S/C20H16N2O3S/c1-14-5-2-3-6-17(14)20(24)25-16-10-8-15(9-11-16)13-21-22-19(23)18-7-4-12-26-18/h2-13H,1H3,(H,22,23). The maximum atomic E-state index is 12.2. The Hall–Kier alpha value is -3.25. The van der Waals surface area contributed by atoms with Crippen LogP contribution >= 0.6 is 11.3 Å². The first-order valence-corrected chi connectivity index (χ1v) is 8.76. The van der Waals surface area contributed by atoms with Gasteiger partial charge in [-0.1, -0.05) is 24.3 Å². The van der Waals surface area contributed by atoms with Gasteiger partial charge in [-0.3, -0.25) is 4.79 Å². The smallest absolute Gasteiger partial charge is 0.343 e. The zero-order valence-corrected chi connectivity index (χ0v) is 14.8. The van der Waals surface area contributed by atoms with E-state index >= 15 is 0 Å². The minimum absolute atomic E-state index is 0.250. The van der Waals surface area contributed by atoms with Crippen LogP contribution in [0.25, 0.3) is 0 Å². The van der Waals surface area contributed by atoms with Gasteiger partial charge in [-0.2, -0.15) is 5.10 Å². The van der Waals surface area contributed by atoms with Gasteiger partial charge >= 0.3 is 5.97 Å². The van der Waals surface area contributed by atoms with Crippen molar-refractivity contribution in [3.8, 4) is 5.75 Å². The Labute approximate surface area is 154 Å². The van der Waals surface area contributed by atoms with Crippen molar-refractivity contribution in [1.82, 2.24) is 5.43 Å². The van der Waals surface area contributed by atoms with E-state index in [9.17, 15) is 9.59 Å². The Morgan fingerprint density at radius 2 is 1.81 bits per heavy atom. The SMILES string of the molecule is Cc1ccccc1C(=O)Oc1ccc(C=NNC(=O)c2cccs2)cc1. The summed E-state index contributed by atoms with van der Waals surface area (Å²) in [6.45, 7) is 1.86. The highest BCUT2D eigenvalue weighted by molar-refractivity contribution is 7.12. The first kappa shape index (κ1) is 17.6. The van der Waals surface area contributed by atoms with Gasteiger partial charge in [-0.25, -0.2) is 10.2 Å². The van der Waals surface area contributed by atoms with Crippen LogP contribution in [0.2, 0.25) is 0 Å². The molecule has 0 saturated carbocycles. The summed E-state index contributed by atoms with van der Waals surface area (Å²) in [5, 5.41) is 5.75. The molecule has 0 fully saturated rings. The first-order valence-electron chi connectivity index (χ1n) is 7.88. The van der Waals surface area contributed by atoms with Gasteiger partial charge in [0.05, 0.1) is 16.7 Å². The fourth-order valence-electron chi connectivity index (χ4n) is 2.21. The number of hydrazone groups is 1. The summed E-state index contributed by atoms with van der Waals surface area (Å²) >= 11 is 1.35. The zero-order valence-electron chi connectivity index (χ0n) is 14.0. The third-order valence-corrected chi connectivity index (χ3v) is 4.45. The molecule has 0 aliphatic rings. The Morgan fingerprint density at radius 1 is 1.04 bits per heavy atom. The number of ether oxygens (including phenoxy) is 1. The number of benzene rings is 2. The fourth-order valence-corrected chi connectivity index (χ4v) is 2.83. The summed E-state index contributed by atoms with van der Waals surface area (Å²) in [6.07, 6.45) is 1.53. The molecule has 0 aliphatic carbocycles. The van der Waals surface area contributed by atoms with E-state index in [1.807, 2.05) is 24.4 Å². The van der Waals surface area contributed by atoms with Crippen LogP contribution in [0.15, 0.2) is 71.1 Å². The molecule has 26 heavy (non-hydrogen) atoms. The number of esters is 1. The lowest BCUT2D eigenvalue weighted by Crippen LogP contribution is -2.16. The minimum Gasteiger partial charge on any atom is -0.423 e. The number of hydrogen-bond donors (Lipinski definition) is 1. The average Bonchev–Trinajstić information content (AvgIpc) is 3.18. The maximum Gasteiger partial charge on any atom is 0.343 e. The van der Waals surface area contributed by atoms with Crippen molar-refractivity contribution < 1.29 is 14.3 Å². The molecule has 0 unspecified atom stereocenters. The van der Waals surface area contributed by atoms with Crippen LogP contribution in [0.1, 0.15) is 31.2 Å². The number of amides is 1. The predicted octanol–water partition coefficient (Wildman–Crippen LogP) is 4.04. The van der Waals surface area contributed by atoms with E-state index in [-0.39, 0.29) is 5.91 Å². The number of nitrogens with one attached hydrogen (secondary N) is 1. The topological polar surface area (TPSA) is 67.8 Å². The Morgan fingerprint density at radius 3 is 2.50 bits per heavy atom. The van der Waals surface area contributed by atoms with E-state index < -0.39 is 5.97 Å². The largest absolute Gasteiger partial charge is 0.423 e. The number of carbonyl (C=O) groups excluding carboxylic acids is 2. The van der Waals surface area contributed by atoms with E-state index in [2.05, 4.69) is 10.5 Å². The Bertz CT molecular complexity index is 932. The van der Waals surface area contributed by atoms with Crippen molar-refractivity contribution in [3.05, 3.63) is 87.6 Å². The first-order chi connectivity index (χ1) is 12.6. The molecule has 0 aliphatic heterocycles. The molecule has 0 spiro atoms. The second-order valence-electron chi connectivity index (χ2n) is 5.45. The fraction of sp³-hybridized carbons (Fsp3) is 0.0500. The molecule has 3 rings (SSSR count). The van der Waals surface area contributed by atoms with Crippen molar-refractivity contribution in [2.75, 3.05) is 0 Å². The van der Waals surface area contributed by atoms with Gasteiger partial charge in [0.15, 0.2) is 0 Å². The molecule has 0 atom stereocenters. The van der Waals surface area contributed by atoms with E-state index in [0.717, 1.165) is 11.1 Å². The quantitative estimate of drug-likeness (QED) is 0.322. The summed E-state index contributed by atoms with van der Waals surface area (Å²) in [6, 6.07) is 17.7. The number of nitrogens with zero attached hydrogens (tertiary/aromatic N) is 1. The van der Waals surface area contributed by atoms with Gasteiger partial charge in [-0.05, 0) is 59.8 Å². The lowest BCUT2D eigenvalue weighted by molar-refractivity contribution is 0.0733. The number of rotatable bonds is 5. The summed E-state index contributed by atoms with van der Waals surface area (Å²) < 4.78 is 5.38. The molecule has 0 radical (unpaired) electrons. The maximum absolute atomic E-state index is 12.2. The third kappa shape index (κ3) is 4.43.